The zero-order valence-corrected chi connectivity index (χ0v) is 10.9. The molecule has 0 aliphatic carbocycles. The first-order chi connectivity index (χ1) is 8.26. The van der Waals surface area contributed by atoms with E-state index in [1.165, 1.54) is 16.5 Å². The smallest absolute Gasteiger partial charge is 0.0687 e. The molecule has 0 saturated heterocycles. The van der Waals surface area contributed by atoms with Gasteiger partial charge in [0.15, 0.2) is 0 Å². The van der Waals surface area contributed by atoms with E-state index >= 15 is 0 Å². The molecule has 17 heavy (non-hydrogen) atoms. The van der Waals surface area contributed by atoms with Gasteiger partial charge in [0.05, 0.1) is 11.2 Å². The topological polar surface area (TPSA) is 27.1 Å². The van der Waals surface area contributed by atoms with Crippen molar-refractivity contribution in [3.05, 3.63) is 29.5 Å². The van der Waals surface area contributed by atoms with Crippen LogP contribution in [0.25, 0.3) is 10.9 Å². The first-order valence-electron chi connectivity index (χ1n) is 6.21. The van der Waals surface area contributed by atoms with Crippen LogP contribution in [0.1, 0.15) is 24.6 Å². The van der Waals surface area contributed by atoms with E-state index in [0.717, 1.165) is 31.7 Å². The Bertz CT molecular complexity index is 502. The van der Waals surface area contributed by atoms with Gasteiger partial charge >= 0.3 is 0 Å². The third-order valence-electron chi connectivity index (χ3n) is 3.13. The first-order valence-corrected chi connectivity index (χ1v) is 6.21. The highest BCUT2D eigenvalue weighted by Crippen LogP contribution is 2.20. The molecular formula is C14H20N2O. The van der Waals surface area contributed by atoms with Crippen LogP contribution in [0.15, 0.2) is 18.2 Å². The number of hydrogen-bond acceptors (Lipinski definition) is 2. The number of rotatable bonds is 5. The molecule has 0 radical (unpaired) electrons. The molecule has 1 heterocycles. The molecule has 3 heteroatoms. The van der Waals surface area contributed by atoms with Crippen molar-refractivity contribution in [2.75, 3.05) is 13.7 Å². The number of hydrogen-bond donors (Lipinski definition) is 0. The molecule has 0 atom stereocenters. The van der Waals surface area contributed by atoms with Crippen molar-refractivity contribution in [1.82, 2.24) is 9.78 Å². The quantitative estimate of drug-likeness (QED) is 0.741. The van der Waals surface area contributed by atoms with E-state index in [2.05, 4.69) is 41.8 Å². The van der Waals surface area contributed by atoms with Gasteiger partial charge in [-0.15, -0.1) is 0 Å². The molecule has 2 aromatic rings. The monoisotopic (exact) mass is 232 g/mol. The van der Waals surface area contributed by atoms with E-state index in [0.29, 0.717) is 0 Å². The van der Waals surface area contributed by atoms with E-state index in [4.69, 9.17) is 4.74 Å². The lowest BCUT2D eigenvalue weighted by atomic mass is 10.1. The summed E-state index contributed by atoms with van der Waals surface area (Å²) in [4.78, 5) is 0. The lowest BCUT2D eigenvalue weighted by molar-refractivity contribution is 0.189. The standard InChI is InChI=1S/C14H20N2O/c1-4-12-6-7-13-11(2)15-16(14(13)10-12)8-5-9-17-3/h6-7,10H,4-5,8-9H2,1-3H3. The van der Waals surface area contributed by atoms with Gasteiger partial charge in [0.1, 0.15) is 0 Å². The van der Waals surface area contributed by atoms with E-state index < -0.39 is 0 Å². The van der Waals surface area contributed by atoms with Crippen LogP contribution in [0, 0.1) is 6.92 Å². The van der Waals surface area contributed by atoms with E-state index in [9.17, 15) is 0 Å². The van der Waals surface area contributed by atoms with Crippen LogP contribution in [0.4, 0.5) is 0 Å². The Morgan fingerprint density at radius 1 is 1.35 bits per heavy atom. The minimum absolute atomic E-state index is 0.786. The van der Waals surface area contributed by atoms with Gasteiger partial charge in [-0.2, -0.15) is 5.10 Å². The van der Waals surface area contributed by atoms with Crippen molar-refractivity contribution in [1.29, 1.82) is 0 Å². The van der Waals surface area contributed by atoms with Gasteiger partial charge in [-0.1, -0.05) is 19.1 Å². The number of ether oxygens (including phenoxy) is 1. The fourth-order valence-electron chi connectivity index (χ4n) is 2.13. The molecule has 2 rings (SSSR count). The van der Waals surface area contributed by atoms with Crippen LogP contribution < -0.4 is 0 Å². The molecule has 0 fully saturated rings. The number of aryl methyl sites for hydroxylation is 3. The first kappa shape index (κ1) is 12.1. The number of methoxy groups -OCH3 is 1. The van der Waals surface area contributed by atoms with Crippen molar-refractivity contribution in [2.24, 2.45) is 0 Å². The molecule has 0 saturated carbocycles. The molecule has 1 aromatic heterocycles. The van der Waals surface area contributed by atoms with Gasteiger partial charge in [-0.25, -0.2) is 0 Å². The Morgan fingerprint density at radius 2 is 2.18 bits per heavy atom. The highest BCUT2D eigenvalue weighted by atomic mass is 16.5. The predicted molar refractivity (Wildman–Crippen MR) is 70.3 cm³/mol. The maximum absolute atomic E-state index is 5.09. The maximum atomic E-state index is 5.09. The molecule has 3 nitrogen and oxygen atoms in total. The summed E-state index contributed by atoms with van der Waals surface area (Å²) in [6, 6.07) is 6.63. The van der Waals surface area contributed by atoms with E-state index in [-0.39, 0.29) is 0 Å². The third-order valence-corrected chi connectivity index (χ3v) is 3.13. The summed E-state index contributed by atoms with van der Waals surface area (Å²) in [5, 5.41) is 5.86. The number of fused-ring (bicyclic) bond motifs is 1. The van der Waals surface area contributed by atoms with Crippen LogP contribution in [-0.2, 0) is 17.7 Å². The molecule has 0 bridgehead atoms. The summed E-state index contributed by atoms with van der Waals surface area (Å²) in [6.45, 7) is 5.96. The van der Waals surface area contributed by atoms with Crippen molar-refractivity contribution < 1.29 is 4.74 Å². The minimum atomic E-state index is 0.786. The van der Waals surface area contributed by atoms with E-state index in [1.807, 2.05) is 0 Å². The van der Waals surface area contributed by atoms with Crippen LogP contribution in [0.2, 0.25) is 0 Å². The van der Waals surface area contributed by atoms with Gasteiger partial charge < -0.3 is 4.74 Å². The van der Waals surface area contributed by atoms with Crippen LogP contribution >= 0.6 is 0 Å². The summed E-state index contributed by atoms with van der Waals surface area (Å²) < 4.78 is 7.19. The average molecular weight is 232 g/mol. The molecule has 0 aliphatic heterocycles. The van der Waals surface area contributed by atoms with Crippen molar-refractivity contribution in [2.45, 2.75) is 33.2 Å². The summed E-state index contributed by atoms with van der Waals surface area (Å²) in [6.07, 6.45) is 2.07. The molecule has 0 spiro atoms. The van der Waals surface area contributed by atoms with Gasteiger partial charge in [0, 0.05) is 25.6 Å². The molecule has 1 aromatic carbocycles. The van der Waals surface area contributed by atoms with Crippen molar-refractivity contribution in [3.8, 4) is 0 Å². The third kappa shape index (κ3) is 2.50. The molecular weight excluding hydrogens is 212 g/mol. The summed E-state index contributed by atoms with van der Waals surface area (Å²) in [5.74, 6) is 0. The van der Waals surface area contributed by atoms with Gasteiger partial charge in [0.25, 0.3) is 0 Å². The molecule has 0 aliphatic rings. The van der Waals surface area contributed by atoms with Crippen LogP contribution in [0.3, 0.4) is 0 Å². The van der Waals surface area contributed by atoms with Crippen molar-refractivity contribution in [3.63, 3.8) is 0 Å². The van der Waals surface area contributed by atoms with Crippen LogP contribution in [-0.4, -0.2) is 23.5 Å². The Balaban J connectivity index is 2.34. The highest BCUT2D eigenvalue weighted by molar-refractivity contribution is 5.82. The number of aromatic nitrogens is 2. The number of nitrogens with zero attached hydrogens (tertiary/aromatic N) is 2. The Kier molecular flexibility index (Phi) is 3.79. The fourth-order valence-corrected chi connectivity index (χ4v) is 2.13. The Labute approximate surface area is 102 Å². The fraction of sp³-hybridized carbons (Fsp3) is 0.500. The molecule has 92 valence electrons. The largest absolute Gasteiger partial charge is 0.385 e. The van der Waals surface area contributed by atoms with Crippen LogP contribution in [0.5, 0.6) is 0 Å². The minimum Gasteiger partial charge on any atom is -0.385 e. The maximum Gasteiger partial charge on any atom is 0.0687 e. The zero-order chi connectivity index (χ0) is 12.3. The summed E-state index contributed by atoms with van der Waals surface area (Å²) >= 11 is 0. The second-order valence-electron chi connectivity index (χ2n) is 4.36. The molecule has 0 N–H and O–H groups in total. The molecule has 0 amide bonds. The summed E-state index contributed by atoms with van der Waals surface area (Å²) in [7, 11) is 1.74. The predicted octanol–water partition coefficient (Wildman–Crippen LogP) is 2.94. The summed E-state index contributed by atoms with van der Waals surface area (Å²) in [5.41, 5.74) is 3.73. The second kappa shape index (κ2) is 5.32. The van der Waals surface area contributed by atoms with Gasteiger partial charge in [-0.05, 0) is 31.4 Å². The zero-order valence-electron chi connectivity index (χ0n) is 10.9. The lowest BCUT2D eigenvalue weighted by Gasteiger charge is -2.04. The average Bonchev–Trinajstić information content (AvgIpc) is 2.66. The lowest BCUT2D eigenvalue weighted by Crippen LogP contribution is -2.03. The van der Waals surface area contributed by atoms with E-state index in [1.54, 1.807) is 7.11 Å². The number of benzene rings is 1. The molecule has 0 unspecified atom stereocenters. The highest BCUT2D eigenvalue weighted by Gasteiger charge is 2.07. The second-order valence-corrected chi connectivity index (χ2v) is 4.36. The van der Waals surface area contributed by atoms with Gasteiger partial charge in [-0.3, -0.25) is 4.68 Å². The van der Waals surface area contributed by atoms with Crippen molar-refractivity contribution >= 4 is 10.9 Å². The Morgan fingerprint density at radius 3 is 2.88 bits per heavy atom. The van der Waals surface area contributed by atoms with Gasteiger partial charge in [0.2, 0.25) is 0 Å². The Hall–Kier alpha value is -1.35. The normalized spacial score (nSPS) is 11.2. The SMILES string of the molecule is CCc1ccc2c(C)nn(CCCOC)c2c1.